The van der Waals surface area contributed by atoms with Crippen molar-refractivity contribution in [3.8, 4) is 0 Å². The summed E-state index contributed by atoms with van der Waals surface area (Å²) in [6.45, 7) is 6.40. The lowest BCUT2D eigenvalue weighted by molar-refractivity contribution is 0.602. The second-order valence-corrected chi connectivity index (χ2v) is 6.58. The summed E-state index contributed by atoms with van der Waals surface area (Å²) in [5.41, 5.74) is 2.48. The quantitative estimate of drug-likeness (QED) is 0.822. The summed E-state index contributed by atoms with van der Waals surface area (Å²) in [5.74, 6) is 2.05. The van der Waals surface area contributed by atoms with Crippen LogP contribution in [0.4, 0.5) is 0 Å². The molecule has 0 saturated carbocycles. The first kappa shape index (κ1) is 15.4. The minimum atomic E-state index is -0.748. The molecule has 0 aliphatic rings. The zero-order valence-corrected chi connectivity index (χ0v) is 12.7. The molecular weight excluding hydrogens is 242 g/mol. The maximum absolute atomic E-state index is 12.1. The molecule has 0 bridgehead atoms. The van der Waals surface area contributed by atoms with Gasteiger partial charge in [-0.2, -0.15) is 0 Å². The fraction of sp³-hybridized carbons (Fsp3) is 0.600. The molecule has 1 N–H and O–H groups in total. The molecule has 2 nitrogen and oxygen atoms in total. The van der Waals surface area contributed by atoms with Crippen molar-refractivity contribution in [1.29, 1.82) is 0 Å². The number of benzene rings is 1. The summed E-state index contributed by atoms with van der Waals surface area (Å²) in [7, 11) is 1.19. The molecule has 1 rings (SSSR count). The summed E-state index contributed by atoms with van der Waals surface area (Å²) in [6.07, 6.45) is 1.10. The van der Waals surface area contributed by atoms with Gasteiger partial charge in [-0.25, -0.2) is 0 Å². The SMILES string of the molecule is CCC(C)CS(=O)CC(NC)c1ccc(C)cc1. The summed E-state index contributed by atoms with van der Waals surface area (Å²) < 4.78 is 12.1. The average Bonchev–Trinajstić information content (AvgIpc) is 2.37. The van der Waals surface area contributed by atoms with Crippen molar-refractivity contribution in [1.82, 2.24) is 5.32 Å². The van der Waals surface area contributed by atoms with Crippen LogP contribution in [0.25, 0.3) is 0 Å². The van der Waals surface area contributed by atoms with E-state index >= 15 is 0 Å². The van der Waals surface area contributed by atoms with Crippen LogP contribution in [0.3, 0.4) is 0 Å². The van der Waals surface area contributed by atoms with Crippen molar-refractivity contribution < 1.29 is 4.21 Å². The van der Waals surface area contributed by atoms with Crippen molar-refractivity contribution >= 4 is 10.8 Å². The highest BCUT2D eigenvalue weighted by atomic mass is 32.2. The molecule has 0 saturated heterocycles. The van der Waals surface area contributed by atoms with E-state index in [1.165, 1.54) is 11.1 Å². The Hall–Kier alpha value is -0.670. The maximum Gasteiger partial charge on any atom is 0.0434 e. The van der Waals surface area contributed by atoms with Crippen LogP contribution in [-0.2, 0) is 10.8 Å². The molecule has 1 aromatic carbocycles. The maximum atomic E-state index is 12.1. The van der Waals surface area contributed by atoms with Gasteiger partial charge in [0, 0.05) is 28.3 Å². The van der Waals surface area contributed by atoms with Crippen molar-refractivity contribution in [2.75, 3.05) is 18.6 Å². The van der Waals surface area contributed by atoms with Crippen LogP contribution in [0.15, 0.2) is 24.3 Å². The lowest BCUT2D eigenvalue weighted by Gasteiger charge is -2.17. The van der Waals surface area contributed by atoms with Gasteiger partial charge in [0.05, 0.1) is 0 Å². The molecule has 0 aromatic heterocycles. The monoisotopic (exact) mass is 267 g/mol. The van der Waals surface area contributed by atoms with Gasteiger partial charge in [-0.05, 0) is 25.5 Å². The van der Waals surface area contributed by atoms with Gasteiger partial charge in [0.2, 0.25) is 0 Å². The van der Waals surface area contributed by atoms with E-state index in [1.807, 2.05) is 7.05 Å². The van der Waals surface area contributed by atoms with Gasteiger partial charge >= 0.3 is 0 Å². The molecule has 18 heavy (non-hydrogen) atoms. The Balaban J connectivity index is 2.61. The van der Waals surface area contributed by atoms with Crippen LogP contribution in [0.2, 0.25) is 0 Å². The Kier molecular flexibility index (Phi) is 6.58. The molecule has 0 aliphatic heterocycles. The van der Waals surface area contributed by atoms with Gasteiger partial charge in [0.15, 0.2) is 0 Å². The highest BCUT2D eigenvalue weighted by molar-refractivity contribution is 7.85. The molecule has 0 fully saturated rings. The fourth-order valence-corrected chi connectivity index (χ4v) is 3.57. The molecule has 3 atom stereocenters. The minimum absolute atomic E-state index is 0.190. The van der Waals surface area contributed by atoms with Crippen LogP contribution < -0.4 is 5.32 Å². The van der Waals surface area contributed by atoms with E-state index in [4.69, 9.17) is 0 Å². The molecule has 3 heteroatoms. The Bertz CT molecular complexity index is 375. The first-order valence-electron chi connectivity index (χ1n) is 6.65. The van der Waals surface area contributed by atoms with E-state index in [1.54, 1.807) is 0 Å². The lowest BCUT2D eigenvalue weighted by Crippen LogP contribution is -2.24. The molecule has 0 aliphatic carbocycles. The molecule has 1 aromatic rings. The number of aryl methyl sites for hydroxylation is 1. The lowest BCUT2D eigenvalue weighted by atomic mass is 10.1. The third-order valence-electron chi connectivity index (χ3n) is 3.35. The van der Waals surface area contributed by atoms with Gasteiger partial charge in [0.25, 0.3) is 0 Å². The zero-order valence-electron chi connectivity index (χ0n) is 11.9. The fourth-order valence-electron chi connectivity index (χ4n) is 1.83. The first-order valence-corrected chi connectivity index (χ1v) is 8.14. The van der Waals surface area contributed by atoms with Gasteiger partial charge < -0.3 is 5.32 Å². The number of nitrogens with one attached hydrogen (secondary N) is 1. The Morgan fingerprint density at radius 1 is 1.22 bits per heavy atom. The molecule has 0 spiro atoms. The minimum Gasteiger partial charge on any atom is -0.312 e. The average molecular weight is 267 g/mol. The molecule has 0 radical (unpaired) electrons. The normalized spacial score (nSPS) is 16.2. The van der Waals surface area contributed by atoms with Crippen molar-refractivity contribution in [3.05, 3.63) is 35.4 Å². The highest BCUT2D eigenvalue weighted by Gasteiger charge is 2.14. The van der Waals surface area contributed by atoms with Crippen molar-refractivity contribution in [2.24, 2.45) is 5.92 Å². The molecule has 3 unspecified atom stereocenters. The Morgan fingerprint density at radius 2 is 1.83 bits per heavy atom. The zero-order chi connectivity index (χ0) is 13.5. The number of rotatable bonds is 7. The Labute approximate surface area is 114 Å². The highest BCUT2D eigenvalue weighted by Crippen LogP contribution is 2.16. The summed E-state index contributed by atoms with van der Waals surface area (Å²) in [6, 6.07) is 8.65. The van der Waals surface area contributed by atoms with Crippen LogP contribution in [0.1, 0.15) is 37.4 Å². The third-order valence-corrected chi connectivity index (χ3v) is 4.99. The molecule has 0 amide bonds. The predicted molar refractivity (Wildman–Crippen MR) is 80.3 cm³/mol. The topological polar surface area (TPSA) is 29.1 Å². The van der Waals surface area contributed by atoms with Gasteiger partial charge in [-0.15, -0.1) is 0 Å². The largest absolute Gasteiger partial charge is 0.312 e. The van der Waals surface area contributed by atoms with Crippen LogP contribution in [-0.4, -0.2) is 22.8 Å². The molecular formula is C15H25NOS. The van der Waals surface area contributed by atoms with Crippen LogP contribution >= 0.6 is 0 Å². The smallest absolute Gasteiger partial charge is 0.0434 e. The van der Waals surface area contributed by atoms with Gasteiger partial charge in [-0.3, -0.25) is 4.21 Å². The van der Waals surface area contributed by atoms with E-state index in [2.05, 4.69) is 50.4 Å². The second kappa shape index (κ2) is 7.70. The molecule has 0 heterocycles. The number of hydrogen-bond donors (Lipinski definition) is 1. The van der Waals surface area contributed by atoms with E-state index < -0.39 is 10.8 Å². The predicted octanol–water partition coefficient (Wildman–Crippen LogP) is 3.05. The van der Waals surface area contributed by atoms with Gasteiger partial charge in [-0.1, -0.05) is 50.1 Å². The summed E-state index contributed by atoms with van der Waals surface area (Å²) >= 11 is 0. The standard InChI is InChI=1S/C15H25NOS/c1-5-12(2)10-18(17)11-15(16-4)14-8-6-13(3)7-9-14/h6-9,12,15-16H,5,10-11H2,1-4H3. The van der Waals surface area contributed by atoms with E-state index in [0.717, 1.165) is 12.2 Å². The van der Waals surface area contributed by atoms with E-state index in [9.17, 15) is 4.21 Å². The number of hydrogen-bond acceptors (Lipinski definition) is 2. The molecule has 102 valence electrons. The first-order chi connectivity index (χ1) is 8.56. The van der Waals surface area contributed by atoms with Crippen LogP contribution in [0.5, 0.6) is 0 Å². The third kappa shape index (κ3) is 4.91. The van der Waals surface area contributed by atoms with Crippen LogP contribution in [0, 0.1) is 12.8 Å². The van der Waals surface area contributed by atoms with Gasteiger partial charge in [0.1, 0.15) is 0 Å². The summed E-state index contributed by atoms with van der Waals surface area (Å²) in [5, 5.41) is 3.27. The van der Waals surface area contributed by atoms with Crippen molar-refractivity contribution in [2.45, 2.75) is 33.2 Å². The second-order valence-electron chi connectivity index (χ2n) is 5.04. The Morgan fingerprint density at radius 3 is 2.33 bits per heavy atom. The van der Waals surface area contributed by atoms with E-state index in [0.29, 0.717) is 11.7 Å². The summed E-state index contributed by atoms with van der Waals surface area (Å²) in [4.78, 5) is 0. The van der Waals surface area contributed by atoms with Crippen molar-refractivity contribution in [3.63, 3.8) is 0 Å². The van der Waals surface area contributed by atoms with E-state index in [-0.39, 0.29) is 6.04 Å².